The first-order chi connectivity index (χ1) is 9.19. The number of rotatable bonds is 2. The lowest BCUT2D eigenvalue weighted by atomic mass is 10.1. The van der Waals surface area contributed by atoms with Gasteiger partial charge in [0.2, 0.25) is 0 Å². The minimum absolute atomic E-state index is 0.352. The maximum absolute atomic E-state index is 5.95. The topological polar surface area (TPSA) is 116 Å². The Morgan fingerprint density at radius 2 is 2.05 bits per heavy atom. The van der Waals surface area contributed by atoms with Crippen LogP contribution in [0.1, 0.15) is 0 Å². The number of fused-ring (bicyclic) bond motifs is 1. The number of ether oxygens (including phenoxy) is 1. The van der Waals surface area contributed by atoms with Crippen LogP contribution in [-0.2, 0) is 0 Å². The molecular formula is C12H12N6O. The lowest BCUT2D eigenvalue weighted by Gasteiger charge is -2.05. The Morgan fingerprint density at radius 3 is 2.79 bits per heavy atom. The van der Waals surface area contributed by atoms with E-state index >= 15 is 0 Å². The first kappa shape index (κ1) is 11.3. The fraction of sp³-hybridized carbons (Fsp3) is 0.0833. The molecule has 0 amide bonds. The standard InChI is InChI=1S/C12H12N6O/c1-19-6-2-3-8(13)7(4-6)11-17-9-10(14)15-5-16-12(9)18-11/h2-5H,13H2,1H3,(H3,14,15,16,17,18). The average molecular weight is 256 g/mol. The zero-order valence-corrected chi connectivity index (χ0v) is 10.2. The van der Waals surface area contributed by atoms with Gasteiger partial charge in [-0.2, -0.15) is 0 Å². The van der Waals surface area contributed by atoms with Crippen LogP contribution in [0, 0.1) is 0 Å². The summed E-state index contributed by atoms with van der Waals surface area (Å²) in [6.07, 6.45) is 1.37. The SMILES string of the molecule is COc1ccc(N)c(-c2nc3ncnc(N)c3[nH]2)c1. The van der Waals surface area contributed by atoms with Crippen LogP contribution in [0.3, 0.4) is 0 Å². The van der Waals surface area contributed by atoms with Gasteiger partial charge >= 0.3 is 0 Å². The summed E-state index contributed by atoms with van der Waals surface area (Å²) in [7, 11) is 1.59. The lowest BCUT2D eigenvalue weighted by Crippen LogP contribution is -1.93. The maximum Gasteiger partial charge on any atom is 0.183 e. The molecule has 0 aliphatic rings. The third-order valence-corrected chi connectivity index (χ3v) is 2.83. The summed E-state index contributed by atoms with van der Waals surface area (Å²) in [6, 6.07) is 5.35. The average Bonchev–Trinajstić information content (AvgIpc) is 2.84. The van der Waals surface area contributed by atoms with Crippen molar-refractivity contribution in [3.63, 3.8) is 0 Å². The van der Waals surface area contributed by atoms with Crippen molar-refractivity contribution in [1.29, 1.82) is 0 Å². The van der Waals surface area contributed by atoms with Gasteiger partial charge in [-0.15, -0.1) is 0 Å². The highest BCUT2D eigenvalue weighted by Crippen LogP contribution is 2.29. The summed E-state index contributed by atoms with van der Waals surface area (Å²) in [5.41, 5.74) is 14.1. The van der Waals surface area contributed by atoms with Crippen LogP contribution in [-0.4, -0.2) is 27.0 Å². The van der Waals surface area contributed by atoms with Crippen LogP contribution in [0.2, 0.25) is 0 Å². The third kappa shape index (κ3) is 1.81. The molecule has 3 rings (SSSR count). The van der Waals surface area contributed by atoms with Crippen molar-refractivity contribution >= 4 is 22.7 Å². The van der Waals surface area contributed by atoms with Crippen molar-refractivity contribution in [2.24, 2.45) is 0 Å². The van der Waals surface area contributed by atoms with Gasteiger partial charge in [0.05, 0.1) is 7.11 Å². The Kier molecular flexibility index (Phi) is 2.45. The highest BCUT2D eigenvalue weighted by Gasteiger charge is 2.12. The number of nitrogens with zero attached hydrogens (tertiary/aromatic N) is 3. The molecule has 96 valence electrons. The highest BCUT2D eigenvalue weighted by atomic mass is 16.5. The number of imidazole rings is 1. The van der Waals surface area contributed by atoms with E-state index in [1.165, 1.54) is 6.33 Å². The second kappa shape index (κ2) is 4.13. The second-order valence-electron chi connectivity index (χ2n) is 4.00. The fourth-order valence-electron chi connectivity index (χ4n) is 1.84. The molecule has 3 aromatic rings. The summed E-state index contributed by atoms with van der Waals surface area (Å²) >= 11 is 0. The number of hydrogen-bond acceptors (Lipinski definition) is 6. The minimum Gasteiger partial charge on any atom is -0.497 e. The van der Waals surface area contributed by atoms with Crippen LogP contribution in [0.15, 0.2) is 24.5 Å². The van der Waals surface area contributed by atoms with Gasteiger partial charge in [-0.25, -0.2) is 15.0 Å². The monoisotopic (exact) mass is 256 g/mol. The Morgan fingerprint density at radius 1 is 1.21 bits per heavy atom. The predicted molar refractivity (Wildman–Crippen MR) is 72.5 cm³/mol. The minimum atomic E-state index is 0.352. The predicted octanol–water partition coefficient (Wildman–Crippen LogP) is 1.19. The molecule has 19 heavy (non-hydrogen) atoms. The first-order valence-corrected chi connectivity index (χ1v) is 5.59. The number of benzene rings is 1. The van der Waals surface area contributed by atoms with E-state index in [-0.39, 0.29) is 0 Å². The van der Waals surface area contributed by atoms with Crippen molar-refractivity contribution in [3.8, 4) is 17.1 Å². The van der Waals surface area contributed by atoms with E-state index in [4.69, 9.17) is 16.2 Å². The zero-order valence-electron chi connectivity index (χ0n) is 10.2. The summed E-state index contributed by atoms with van der Waals surface area (Å²) in [5, 5.41) is 0. The van der Waals surface area contributed by atoms with E-state index < -0.39 is 0 Å². The van der Waals surface area contributed by atoms with Crippen LogP contribution >= 0.6 is 0 Å². The first-order valence-electron chi connectivity index (χ1n) is 5.59. The van der Waals surface area contributed by atoms with E-state index in [0.29, 0.717) is 34.2 Å². The van der Waals surface area contributed by atoms with Gasteiger partial charge in [-0.05, 0) is 18.2 Å². The molecule has 0 atom stereocenters. The summed E-state index contributed by atoms with van der Waals surface area (Å²) in [5.74, 6) is 1.63. The molecule has 1 aromatic carbocycles. The molecule has 2 heterocycles. The van der Waals surface area contributed by atoms with Gasteiger partial charge in [0.1, 0.15) is 23.4 Å². The summed E-state index contributed by atoms with van der Waals surface area (Å²) in [4.78, 5) is 15.4. The largest absolute Gasteiger partial charge is 0.497 e. The molecular weight excluding hydrogens is 244 g/mol. The number of hydrogen-bond donors (Lipinski definition) is 3. The van der Waals surface area contributed by atoms with Crippen molar-refractivity contribution in [1.82, 2.24) is 19.9 Å². The molecule has 0 bridgehead atoms. The number of aromatic nitrogens is 4. The molecule has 0 aliphatic heterocycles. The van der Waals surface area contributed by atoms with Gasteiger partial charge < -0.3 is 21.2 Å². The maximum atomic E-state index is 5.95. The molecule has 0 saturated carbocycles. The fourth-order valence-corrected chi connectivity index (χ4v) is 1.84. The highest BCUT2D eigenvalue weighted by molar-refractivity contribution is 5.86. The van der Waals surface area contributed by atoms with Gasteiger partial charge in [-0.1, -0.05) is 0 Å². The van der Waals surface area contributed by atoms with Crippen LogP contribution in [0.25, 0.3) is 22.6 Å². The molecule has 5 N–H and O–H groups in total. The van der Waals surface area contributed by atoms with E-state index in [2.05, 4.69) is 19.9 Å². The normalized spacial score (nSPS) is 10.8. The van der Waals surface area contributed by atoms with Gasteiger partial charge in [0.25, 0.3) is 0 Å². The van der Waals surface area contributed by atoms with Crippen molar-refractivity contribution < 1.29 is 4.74 Å². The van der Waals surface area contributed by atoms with Crippen molar-refractivity contribution in [2.75, 3.05) is 18.6 Å². The molecule has 0 fully saturated rings. The molecule has 0 aliphatic carbocycles. The lowest BCUT2D eigenvalue weighted by molar-refractivity contribution is 0.415. The quantitative estimate of drug-likeness (QED) is 0.593. The molecule has 0 saturated heterocycles. The number of anilines is 2. The second-order valence-corrected chi connectivity index (χ2v) is 4.00. The zero-order chi connectivity index (χ0) is 13.4. The summed E-state index contributed by atoms with van der Waals surface area (Å²) < 4.78 is 5.18. The Hall–Kier alpha value is -2.83. The molecule has 0 unspecified atom stereocenters. The van der Waals surface area contributed by atoms with Crippen molar-refractivity contribution in [3.05, 3.63) is 24.5 Å². The number of methoxy groups -OCH3 is 1. The number of nitrogens with one attached hydrogen (secondary N) is 1. The number of aromatic amines is 1. The molecule has 0 spiro atoms. The van der Waals surface area contributed by atoms with Gasteiger partial charge in [0.15, 0.2) is 11.5 Å². The van der Waals surface area contributed by atoms with Crippen molar-refractivity contribution in [2.45, 2.75) is 0 Å². The molecule has 7 nitrogen and oxygen atoms in total. The molecule has 2 aromatic heterocycles. The number of nitrogen functional groups attached to an aromatic ring is 2. The Bertz CT molecular complexity index is 751. The molecule has 7 heteroatoms. The smallest absolute Gasteiger partial charge is 0.183 e. The van der Waals surface area contributed by atoms with E-state index in [1.807, 2.05) is 0 Å². The summed E-state index contributed by atoms with van der Waals surface area (Å²) in [6.45, 7) is 0. The van der Waals surface area contributed by atoms with Crippen LogP contribution in [0.5, 0.6) is 5.75 Å². The van der Waals surface area contributed by atoms with Crippen LogP contribution < -0.4 is 16.2 Å². The Labute approximate surface area is 108 Å². The Balaban J connectivity index is 2.21. The van der Waals surface area contributed by atoms with E-state index in [0.717, 1.165) is 5.56 Å². The number of nitrogens with two attached hydrogens (primary N) is 2. The van der Waals surface area contributed by atoms with Gasteiger partial charge in [-0.3, -0.25) is 0 Å². The van der Waals surface area contributed by atoms with E-state index in [1.54, 1.807) is 25.3 Å². The third-order valence-electron chi connectivity index (χ3n) is 2.83. The number of H-pyrrole nitrogens is 1. The molecule has 0 radical (unpaired) electrons. The van der Waals surface area contributed by atoms with E-state index in [9.17, 15) is 0 Å². The van der Waals surface area contributed by atoms with Crippen LogP contribution in [0.4, 0.5) is 11.5 Å². The van der Waals surface area contributed by atoms with Gasteiger partial charge in [0, 0.05) is 11.3 Å².